The van der Waals surface area contributed by atoms with E-state index in [1.54, 1.807) is 12.1 Å². The zero-order valence-corrected chi connectivity index (χ0v) is 15.5. The van der Waals surface area contributed by atoms with E-state index < -0.39 is 5.60 Å². The highest BCUT2D eigenvalue weighted by Gasteiger charge is 2.33. The van der Waals surface area contributed by atoms with Crippen LogP contribution < -0.4 is 10.1 Å². The van der Waals surface area contributed by atoms with E-state index in [9.17, 15) is 4.79 Å². The number of carbonyl (C=O) groups is 1. The van der Waals surface area contributed by atoms with Crippen molar-refractivity contribution in [3.63, 3.8) is 0 Å². The van der Waals surface area contributed by atoms with Gasteiger partial charge in [-0.3, -0.25) is 4.79 Å². The highest BCUT2D eigenvalue weighted by molar-refractivity contribution is 5.97. The number of ether oxygens (including phenoxy) is 3. The molecule has 0 aliphatic heterocycles. The summed E-state index contributed by atoms with van der Waals surface area (Å²) in [4.78, 5) is 16.9. The van der Waals surface area contributed by atoms with Crippen LogP contribution in [0.25, 0.3) is 0 Å². The highest BCUT2D eigenvalue weighted by atomic mass is 16.5. The molecule has 0 aliphatic rings. The molecule has 0 aromatic carbocycles. The van der Waals surface area contributed by atoms with Gasteiger partial charge in [-0.25, -0.2) is 4.98 Å². The topological polar surface area (TPSA) is 69.7 Å². The molecular weight excluding hydrogens is 308 g/mol. The van der Waals surface area contributed by atoms with Crippen molar-refractivity contribution in [3.8, 4) is 5.88 Å². The van der Waals surface area contributed by atoms with Crippen LogP contribution in [0.4, 0.5) is 5.69 Å². The van der Waals surface area contributed by atoms with Crippen LogP contribution in [0.3, 0.4) is 0 Å². The summed E-state index contributed by atoms with van der Waals surface area (Å²) in [6, 6.07) is 3.54. The fourth-order valence-corrected chi connectivity index (χ4v) is 2.40. The molecule has 0 aliphatic carbocycles. The third kappa shape index (κ3) is 6.09. The Morgan fingerprint density at radius 1 is 1.21 bits per heavy atom. The summed E-state index contributed by atoms with van der Waals surface area (Å²) in [5.41, 5.74) is 0.537. The molecule has 1 unspecified atom stereocenters. The van der Waals surface area contributed by atoms with Crippen LogP contribution in [0.15, 0.2) is 12.1 Å². The van der Waals surface area contributed by atoms with Gasteiger partial charge >= 0.3 is 0 Å². The summed E-state index contributed by atoms with van der Waals surface area (Å²) in [5.74, 6) is 0.368. The Morgan fingerprint density at radius 2 is 1.96 bits per heavy atom. The second-order valence-corrected chi connectivity index (χ2v) is 5.70. The van der Waals surface area contributed by atoms with E-state index in [1.807, 2.05) is 34.6 Å². The molecule has 6 heteroatoms. The van der Waals surface area contributed by atoms with Crippen LogP contribution in [0.5, 0.6) is 5.88 Å². The number of aryl methyl sites for hydroxylation is 1. The predicted octanol–water partition coefficient (Wildman–Crippen LogP) is 3.34. The lowest BCUT2D eigenvalue weighted by Crippen LogP contribution is -2.42. The van der Waals surface area contributed by atoms with Gasteiger partial charge in [-0.05, 0) is 40.2 Å². The molecule has 0 radical (unpaired) electrons. The summed E-state index contributed by atoms with van der Waals surface area (Å²) >= 11 is 0. The third-order valence-corrected chi connectivity index (χ3v) is 3.66. The number of nitrogens with one attached hydrogen (secondary N) is 1. The van der Waals surface area contributed by atoms with Crippen LogP contribution in [0.2, 0.25) is 0 Å². The van der Waals surface area contributed by atoms with E-state index >= 15 is 0 Å². The van der Waals surface area contributed by atoms with Crippen molar-refractivity contribution in [2.75, 3.05) is 31.7 Å². The van der Waals surface area contributed by atoms with Crippen molar-refractivity contribution in [3.05, 3.63) is 17.8 Å². The summed E-state index contributed by atoms with van der Waals surface area (Å²) in [6.07, 6.45) is 1.53. The molecule has 6 nitrogen and oxygen atoms in total. The molecule has 0 saturated heterocycles. The van der Waals surface area contributed by atoms with Crippen molar-refractivity contribution in [1.82, 2.24) is 4.98 Å². The first-order chi connectivity index (χ1) is 11.5. The standard InChI is InChI=1S/C18H30N2O4/c1-6-11-18(5,24-8-3)17(21)20-15-9-10-16(19-14(15)4)23-13-12-22-7-2/h9-10H,6-8,11-13H2,1-5H3,(H,20,21). The molecule has 1 heterocycles. The van der Waals surface area contributed by atoms with E-state index in [0.29, 0.717) is 50.1 Å². The van der Waals surface area contributed by atoms with Gasteiger partial charge in [0, 0.05) is 19.3 Å². The van der Waals surface area contributed by atoms with Gasteiger partial charge in [-0.1, -0.05) is 13.3 Å². The zero-order valence-electron chi connectivity index (χ0n) is 15.5. The van der Waals surface area contributed by atoms with Crippen molar-refractivity contribution < 1.29 is 19.0 Å². The molecule has 1 aromatic heterocycles. The number of nitrogens with zero attached hydrogens (tertiary/aromatic N) is 1. The van der Waals surface area contributed by atoms with Crippen molar-refractivity contribution in [1.29, 1.82) is 0 Å². The largest absolute Gasteiger partial charge is 0.475 e. The van der Waals surface area contributed by atoms with Gasteiger partial charge in [-0.2, -0.15) is 0 Å². The first-order valence-corrected chi connectivity index (χ1v) is 8.60. The number of hydrogen-bond acceptors (Lipinski definition) is 5. The summed E-state index contributed by atoms with van der Waals surface area (Å²) in [7, 11) is 0. The Labute approximate surface area is 144 Å². The Bertz CT molecular complexity index is 514. The minimum atomic E-state index is -0.831. The first kappa shape index (κ1) is 20.4. The Balaban J connectivity index is 2.71. The first-order valence-electron chi connectivity index (χ1n) is 8.60. The lowest BCUT2D eigenvalue weighted by atomic mass is 9.99. The number of rotatable bonds is 11. The fraction of sp³-hybridized carbons (Fsp3) is 0.667. The minimum absolute atomic E-state index is 0.152. The van der Waals surface area contributed by atoms with Gasteiger partial charge in [0.15, 0.2) is 0 Å². The zero-order chi connectivity index (χ0) is 18.0. The number of pyridine rings is 1. The molecule has 1 aromatic rings. The molecule has 1 rings (SSSR count). The normalized spacial score (nSPS) is 13.4. The second kappa shape index (κ2) is 10.3. The van der Waals surface area contributed by atoms with E-state index in [0.717, 1.165) is 6.42 Å². The Kier molecular flexibility index (Phi) is 8.71. The van der Waals surface area contributed by atoms with E-state index in [-0.39, 0.29) is 5.91 Å². The second-order valence-electron chi connectivity index (χ2n) is 5.70. The monoisotopic (exact) mass is 338 g/mol. The average molecular weight is 338 g/mol. The van der Waals surface area contributed by atoms with Crippen LogP contribution in [-0.4, -0.2) is 42.9 Å². The number of amides is 1. The average Bonchev–Trinajstić information content (AvgIpc) is 2.54. The smallest absolute Gasteiger partial charge is 0.256 e. The number of hydrogen-bond donors (Lipinski definition) is 1. The summed E-state index contributed by atoms with van der Waals surface area (Å²) < 4.78 is 16.4. The number of anilines is 1. The molecule has 1 N–H and O–H groups in total. The van der Waals surface area contributed by atoms with E-state index in [4.69, 9.17) is 14.2 Å². The van der Waals surface area contributed by atoms with E-state index in [1.165, 1.54) is 0 Å². The van der Waals surface area contributed by atoms with Gasteiger partial charge < -0.3 is 19.5 Å². The molecule has 1 amide bonds. The number of carbonyl (C=O) groups excluding carboxylic acids is 1. The minimum Gasteiger partial charge on any atom is -0.475 e. The molecule has 0 spiro atoms. The SMILES string of the molecule is CCCC(C)(OCC)C(=O)Nc1ccc(OCCOCC)nc1C. The van der Waals surface area contributed by atoms with Crippen LogP contribution in [0.1, 0.15) is 46.2 Å². The molecule has 0 saturated carbocycles. The van der Waals surface area contributed by atoms with Crippen molar-refractivity contribution in [2.24, 2.45) is 0 Å². The van der Waals surface area contributed by atoms with Crippen molar-refractivity contribution in [2.45, 2.75) is 53.1 Å². The van der Waals surface area contributed by atoms with Gasteiger partial charge in [0.1, 0.15) is 12.2 Å². The Hall–Kier alpha value is -1.66. The van der Waals surface area contributed by atoms with Gasteiger partial charge in [0.25, 0.3) is 5.91 Å². The van der Waals surface area contributed by atoms with Crippen LogP contribution in [0, 0.1) is 6.92 Å². The lowest BCUT2D eigenvalue weighted by molar-refractivity contribution is -0.139. The predicted molar refractivity (Wildman–Crippen MR) is 94.5 cm³/mol. The quantitative estimate of drug-likeness (QED) is 0.627. The number of aromatic nitrogens is 1. The van der Waals surface area contributed by atoms with Gasteiger partial charge in [-0.15, -0.1) is 0 Å². The molecule has 136 valence electrons. The van der Waals surface area contributed by atoms with Crippen LogP contribution >= 0.6 is 0 Å². The maximum atomic E-state index is 12.6. The summed E-state index contributed by atoms with van der Waals surface area (Å²) in [5, 5.41) is 2.92. The van der Waals surface area contributed by atoms with E-state index in [2.05, 4.69) is 10.3 Å². The molecule has 1 atom stereocenters. The summed E-state index contributed by atoms with van der Waals surface area (Å²) in [6.45, 7) is 11.7. The molecular formula is C18H30N2O4. The van der Waals surface area contributed by atoms with Gasteiger partial charge in [0.2, 0.25) is 5.88 Å². The lowest BCUT2D eigenvalue weighted by Gasteiger charge is -2.28. The molecule has 0 bridgehead atoms. The highest BCUT2D eigenvalue weighted by Crippen LogP contribution is 2.23. The fourth-order valence-electron chi connectivity index (χ4n) is 2.40. The Morgan fingerprint density at radius 3 is 2.54 bits per heavy atom. The van der Waals surface area contributed by atoms with Gasteiger partial charge in [0.05, 0.1) is 18.0 Å². The maximum absolute atomic E-state index is 12.6. The maximum Gasteiger partial charge on any atom is 0.256 e. The molecule has 0 fully saturated rings. The third-order valence-electron chi connectivity index (χ3n) is 3.66. The van der Waals surface area contributed by atoms with Crippen LogP contribution in [-0.2, 0) is 14.3 Å². The molecule has 24 heavy (non-hydrogen) atoms. The van der Waals surface area contributed by atoms with Crippen molar-refractivity contribution >= 4 is 11.6 Å².